The van der Waals surface area contributed by atoms with Crippen LogP contribution in [0.25, 0.3) is 0 Å². The highest BCUT2D eigenvalue weighted by Crippen LogP contribution is 2.58. The predicted octanol–water partition coefficient (Wildman–Crippen LogP) is 6.28. The third-order valence-electron chi connectivity index (χ3n) is 6.95. The number of nitrogens with zero attached hydrogens (tertiary/aromatic N) is 2. The van der Waals surface area contributed by atoms with E-state index in [2.05, 4.69) is 70.6 Å². The Bertz CT molecular complexity index is 1130. The zero-order chi connectivity index (χ0) is 22.0. The second-order valence-corrected chi connectivity index (χ2v) is 8.89. The van der Waals surface area contributed by atoms with Crippen LogP contribution in [0, 0.1) is 0 Å². The van der Waals surface area contributed by atoms with Crippen molar-refractivity contribution < 1.29 is 9.47 Å². The van der Waals surface area contributed by atoms with E-state index >= 15 is 0 Å². The van der Waals surface area contributed by atoms with Gasteiger partial charge >= 0.3 is 0 Å². The number of hydrogen-bond donors (Lipinski definition) is 0. The highest BCUT2D eigenvalue weighted by molar-refractivity contribution is 5.47. The van der Waals surface area contributed by atoms with Crippen LogP contribution in [-0.4, -0.2) is 9.97 Å². The Morgan fingerprint density at radius 2 is 1.03 bits per heavy atom. The topological polar surface area (TPSA) is 44.2 Å². The van der Waals surface area contributed by atoms with Gasteiger partial charge in [0.25, 0.3) is 0 Å². The number of hydrogen-bond acceptors (Lipinski definition) is 4. The number of benzene rings is 2. The molecule has 0 aliphatic heterocycles. The van der Waals surface area contributed by atoms with Crippen molar-refractivity contribution in [1.29, 1.82) is 0 Å². The number of rotatable bonds is 6. The Morgan fingerprint density at radius 1 is 0.576 bits per heavy atom. The Kier molecular flexibility index (Phi) is 5.46. The Labute approximate surface area is 194 Å². The van der Waals surface area contributed by atoms with Crippen molar-refractivity contribution in [3.63, 3.8) is 0 Å². The summed E-state index contributed by atoms with van der Waals surface area (Å²) in [6.45, 7) is 1.11. The summed E-state index contributed by atoms with van der Waals surface area (Å²) in [5.41, 5.74) is 7.45. The summed E-state index contributed by atoms with van der Waals surface area (Å²) in [5.74, 6) is 0.604. The molecule has 2 aliphatic carbocycles. The number of ether oxygens (including phenoxy) is 2. The molecule has 2 aliphatic rings. The fourth-order valence-electron chi connectivity index (χ4n) is 5.50. The molecule has 0 spiro atoms. The van der Waals surface area contributed by atoms with Crippen molar-refractivity contribution in [2.75, 3.05) is 0 Å². The lowest BCUT2D eigenvalue weighted by atomic mass is 9.64. The van der Waals surface area contributed by atoms with Gasteiger partial charge in [-0.1, -0.05) is 60.7 Å². The molecule has 0 saturated carbocycles. The molecule has 0 unspecified atom stereocenters. The Balaban J connectivity index is 1.36. The largest absolute Gasteiger partial charge is 0.368 e. The van der Waals surface area contributed by atoms with Crippen LogP contribution in [0.3, 0.4) is 0 Å². The molecular formula is C29H26N2O2. The monoisotopic (exact) mass is 434 g/mol. The third-order valence-corrected chi connectivity index (χ3v) is 6.95. The smallest absolute Gasteiger partial charge is 0.0901 e. The van der Waals surface area contributed by atoms with Gasteiger partial charge in [-0.05, 0) is 51.9 Å². The Hall–Kier alpha value is -3.34. The highest BCUT2D eigenvalue weighted by atomic mass is 16.5. The molecule has 2 aromatic carbocycles. The zero-order valence-corrected chi connectivity index (χ0v) is 18.4. The van der Waals surface area contributed by atoms with E-state index in [1.54, 1.807) is 12.4 Å². The van der Waals surface area contributed by atoms with Gasteiger partial charge in [-0.25, -0.2) is 0 Å². The minimum Gasteiger partial charge on any atom is -0.368 e. The van der Waals surface area contributed by atoms with Crippen LogP contribution < -0.4 is 0 Å². The molecule has 2 heterocycles. The van der Waals surface area contributed by atoms with Gasteiger partial charge in [-0.2, -0.15) is 0 Å². The van der Waals surface area contributed by atoms with E-state index in [0.29, 0.717) is 25.0 Å². The lowest BCUT2D eigenvalue weighted by molar-refractivity contribution is -0.0286. The molecule has 33 heavy (non-hydrogen) atoms. The summed E-state index contributed by atoms with van der Waals surface area (Å²) in [6, 6.07) is 25.6. The normalized spacial score (nSPS) is 22.9. The SMILES string of the molecule is c1cncc(CO[C@@H]2c3ccccc3[C@H]3C[C@@H]2c2ccccc2[C@H]3OCc2cccnc2)c1. The van der Waals surface area contributed by atoms with E-state index in [1.807, 2.05) is 24.5 Å². The van der Waals surface area contributed by atoms with Crippen LogP contribution in [0.4, 0.5) is 0 Å². The molecule has 2 bridgehead atoms. The molecule has 4 nitrogen and oxygen atoms in total. The van der Waals surface area contributed by atoms with Crippen LogP contribution in [-0.2, 0) is 22.7 Å². The molecular weight excluding hydrogens is 408 g/mol. The summed E-state index contributed by atoms with van der Waals surface area (Å²) < 4.78 is 13.2. The van der Waals surface area contributed by atoms with Gasteiger partial charge in [-0.3, -0.25) is 9.97 Å². The van der Waals surface area contributed by atoms with E-state index < -0.39 is 0 Å². The van der Waals surface area contributed by atoms with Crippen LogP contribution in [0.5, 0.6) is 0 Å². The van der Waals surface area contributed by atoms with Crippen molar-refractivity contribution in [2.45, 2.75) is 43.7 Å². The van der Waals surface area contributed by atoms with Crippen molar-refractivity contribution in [3.05, 3.63) is 131 Å². The standard InChI is InChI=1S/C29H26N2O2/c1-3-11-24-22(9-1)26-15-27(28(24)32-18-20-7-5-13-30-16-20)23-10-2-4-12-25(23)29(26)33-19-21-8-6-14-31-17-21/h1-14,16-17,26-29H,15,18-19H2/t26-,27-,28-,29-/m1/s1. The summed E-state index contributed by atoms with van der Waals surface area (Å²) in [5, 5.41) is 0. The molecule has 0 fully saturated rings. The summed E-state index contributed by atoms with van der Waals surface area (Å²) in [4.78, 5) is 8.49. The van der Waals surface area contributed by atoms with Crippen LogP contribution >= 0.6 is 0 Å². The van der Waals surface area contributed by atoms with Gasteiger partial charge in [0.2, 0.25) is 0 Å². The molecule has 0 radical (unpaired) electrons. The second-order valence-electron chi connectivity index (χ2n) is 8.89. The molecule has 0 saturated heterocycles. The van der Waals surface area contributed by atoms with Gasteiger partial charge in [0, 0.05) is 36.6 Å². The molecule has 2 aromatic heterocycles. The van der Waals surface area contributed by atoms with Crippen molar-refractivity contribution in [2.24, 2.45) is 0 Å². The Morgan fingerprint density at radius 3 is 1.45 bits per heavy atom. The first-order valence-electron chi connectivity index (χ1n) is 11.6. The fourth-order valence-corrected chi connectivity index (χ4v) is 5.50. The maximum atomic E-state index is 6.61. The number of fused-ring (bicyclic) bond motifs is 6. The van der Waals surface area contributed by atoms with Gasteiger partial charge in [0.05, 0.1) is 25.4 Å². The van der Waals surface area contributed by atoms with E-state index in [0.717, 1.165) is 17.5 Å². The molecule has 164 valence electrons. The lowest BCUT2D eigenvalue weighted by Crippen LogP contribution is -2.33. The third kappa shape index (κ3) is 3.86. The van der Waals surface area contributed by atoms with Crippen LogP contribution in [0.15, 0.2) is 97.6 Å². The molecule has 6 rings (SSSR count). The van der Waals surface area contributed by atoms with Crippen molar-refractivity contribution >= 4 is 0 Å². The minimum atomic E-state index is 0.0121. The molecule has 0 amide bonds. The molecule has 0 N–H and O–H groups in total. The predicted molar refractivity (Wildman–Crippen MR) is 127 cm³/mol. The summed E-state index contributed by atoms with van der Waals surface area (Å²) >= 11 is 0. The quantitative estimate of drug-likeness (QED) is 0.358. The maximum Gasteiger partial charge on any atom is 0.0901 e. The fraction of sp³-hybridized carbons (Fsp3) is 0.241. The number of aromatic nitrogens is 2. The van der Waals surface area contributed by atoms with Gasteiger partial charge < -0.3 is 9.47 Å². The zero-order valence-electron chi connectivity index (χ0n) is 18.4. The maximum absolute atomic E-state index is 6.61. The number of pyridine rings is 2. The average Bonchev–Trinajstić information content (AvgIpc) is 2.89. The van der Waals surface area contributed by atoms with E-state index in [4.69, 9.17) is 9.47 Å². The van der Waals surface area contributed by atoms with Gasteiger partial charge in [0.15, 0.2) is 0 Å². The first kappa shape index (κ1) is 20.3. The van der Waals surface area contributed by atoms with Gasteiger partial charge in [-0.15, -0.1) is 0 Å². The van der Waals surface area contributed by atoms with Gasteiger partial charge in [0.1, 0.15) is 0 Å². The average molecular weight is 435 g/mol. The minimum absolute atomic E-state index is 0.0121. The first-order chi connectivity index (χ1) is 16.4. The summed E-state index contributed by atoms with van der Waals surface area (Å²) in [6.07, 6.45) is 8.41. The molecule has 4 aromatic rings. The van der Waals surface area contributed by atoms with E-state index in [1.165, 1.54) is 22.3 Å². The van der Waals surface area contributed by atoms with E-state index in [9.17, 15) is 0 Å². The molecule has 4 atom stereocenters. The van der Waals surface area contributed by atoms with Crippen LogP contribution in [0.1, 0.15) is 63.8 Å². The summed E-state index contributed by atoms with van der Waals surface area (Å²) in [7, 11) is 0. The first-order valence-corrected chi connectivity index (χ1v) is 11.6. The lowest BCUT2D eigenvalue weighted by Gasteiger charge is -2.46. The van der Waals surface area contributed by atoms with E-state index in [-0.39, 0.29) is 12.2 Å². The highest BCUT2D eigenvalue weighted by Gasteiger charge is 2.45. The van der Waals surface area contributed by atoms with Crippen molar-refractivity contribution in [3.8, 4) is 0 Å². The molecule has 4 heteroatoms. The second kappa shape index (κ2) is 8.89. The van der Waals surface area contributed by atoms with Crippen LogP contribution in [0.2, 0.25) is 0 Å². The van der Waals surface area contributed by atoms with Crippen molar-refractivity contribution in [1.82, 2.24) is 9.97 Å².